The fraction of sp³-hybridized carbons (Fsp3) is 0.562. The minimum atomic E-state index is -0.230. The number of benzene rings is 1. The first kappa shape index (κ1) is 13.6. The molecule has 1 aromatic carbocycles. The van der Waals surface area contributed by atoms with E-state index in [0.29, 0.717) is 13.2 Å². The summed E-state index contributed by atoms with van der Waals surface area (Å²) in [6, 6.07) is 8.26. The van der Waals surface area contributed by atoms with Crippen molar-refractivity contribution in [3.8, 4) is 0 Å². The number of fused-ring (bicyclic) bond motifs is 1. The molecule has 1 saturated heterocycles. The molecule has 2 atom stereocenters. The van der Waals surface area contributed by atoms with E-state index in [1.165, 1.54) is 0 Å². The van der Waals surface area contributed by atoms with Crippen molar-refractivity contribution < 1.29 is 4.74 Å². The van der Waals surface area contributed by atoms with Gasteiger partial charge in [0.15, 0.2) is 0 Å². The van der Waals surface area contributed by atoms with Crippen molar-refractivity contribution in [1.82, 2.24) is 9.55 Å². The SMILES string of the molecule is CC1(c2nc3ccccc3n2C(C)(C)C)COCC1N. The van der Waals surface area contributed by atoms with Gasteiger partial charge in [0.1, 0.15) is 5.82 Å². The highest BCUT2D eigenvalue weighted by Gasteiger charge is 2.44. The van der Waals surface area contributed by atoms with Crippen molar-refractivity contribution >= 4 is 11.0 Å². The van der Waals surface area contributed by atoms with E-state index >= 15 is 0 Å². The number of para-hydroxylation sites is 2. The van der Waals surface area contributed by atoms with Crippen LogP contribution < -0.4 is 5.73 Å². The summed E-state index contributed by atoms with van der Waals surface area (Å²) >= 11 is 0. The van der Waals surface area contributed by atoms with E-state index in [-0.39, 0.29) is 17.0 Å². The Labute approximate surface area is 119 Å². The van der Waals surface area contributed by atoms with Gasteiger partial charge in [-0.2, -0.15) is 0 Å². The Morgan fingerprint density at radius 1 is 1.35 bits per heavy atom. The lowest BCUT2D eigenvalue weighted by Crippen LogP contribution is -2.45. The summed E-state index contributed by atoms with van der Waals surface area (Å²) < 4.78 is 7.93. The predicted molar refractivity (Wildman–Crippen MR) is 80.9 cm³/mol. The molecule has 0 radical (unpaired) electrons. The zero-order valence-electron chi connectivity index (χ0n) is 12.7. The van der Waals surface area contributed by atoms with Crippen molar-refractivity contribution in [2.75, 3.05) is 13.2 Å². The maximum atomic E-state index is 6.30. The minimum Gasteiger partial charge on any atom is -0.379 e. The zero-order chi connectivity index (χ0) is 14.5. The number of ether oxygens (including phenoxy) is 1. The van der Waals surface area contributed by atoms with Crippen LogP contribution in [0.5, 0.6) is 0 Å². The molecular weight excluding hydrogens is 250 g/mol. The van der Waals surface area contributed by atoms with Crippen LogP contribution in [0.4, 0.5) is 0 Å². The van der Waals surface area contributed by atoms with E-state index in [1.807, 2.05) is 6.07 Å². The molecule has 0 spiro atoms. The molecule has 0 aliphatic carbocycles. The van der Waals surface area contributed by atoms with Gasteiger partial charge in [0, 0.05) is 11.6 Å². The van der Waals surface area contributed by atoms with Crippen molar-refractivity contribution in [3.05, 3.63) is 30.1 Å². The van der Waals surface area contributed by atoms with Crippen molar-refractivity contribution in [1.29, 1.82) is 0 Å². The lowest BCUT2D eigenvalue weighted by molar-refractivity contribution is 0.176. The molecular formula is C16H23N3O. The van der Waals surface area contributed by atoms with Crippen molar-refractivity contribution in [2.45, 2.75) is 44.7 Å². The minimum absolute atomic E-state index is 0.0135. The Morgan fingerprint density at radius 2 is 2.05 bits per heavy atom. The van der Waals surface area contributed by atoms with Crippen molar-refractivity contribution in [2.24, 2.45) is 5.73 Å². The summed E-state index contributed by atoms with van der Waals surface area (Å²) in [6.45, 7) is 10.0. The first-order chi connectivity index (χ1) is 9.34. The molecule has 1 aliphatic rings. The fourth-order valence-electron chi connectivity index (χ4n) is 3.01. The third kappa shape index (κ3) is 1.86. The molecule has 2 unspecified atom stereocenters. The van der Waals surface area contributed by atoms with E-state index in [2.05, 4.69) is 50.5 Å². The second kappa shape index (κ2) is 4.30. The first-order valence-corrected chi connectivity index (χ1v) is 7.16. The van der Waals surface area contributed by atoms with Crippen LogP contribution in [0, 0.1) is 0 Å². The first-order valence-electron chi connectivity index (χ1n) is 7.16. The van der Waals surface area contributed by atoms with Gasteiger partial charge in [-0.3, -0.25) is 0 Å². The number of nitrogens with zero attached hydrogens (tertiary/aromatic N) is 2. The molecule has 0 bridgehead atoms. The maximum absolute atomic E-state index is 6.30. The van der Waals surface area contributed by atoms with Crippen LogP contribution in [0.1, 0.15) is 33.5 Å². The Hall–Kier alpha value is -1.39. The van der Waals surface area contributed by atoms with Gasteiger partial charge < -0.3 is 15.0 Å². The van der Waals surface area contributed by atoms with Gasteiger partial charge in [-0.05, 0) is 39.8 Å². The number of nitrogens with two attached hydrogens (primary N) is 1. The summed E-state index contributed by atoms with van der Waals surface area (Å²) in [5.74, 6) is 1.04. The summed E-state index contributed by atoms with van der Waals surface area (Å²) in [5.41, 5.74) is 8.21. The molecule has 3 rings (SSSR count). The molecule has 0 saturated carbocycles. The van der Waals surface area contributed by atoms with E-state index in [4.69, 9.17) is 15.5 Å². The van der Waals surface area contributed by atoms with E-state index in [0.717, 1.165) is 16.9 Å². The van der Waals surface area contributed by atoms with Gasteiger partial charge in [-0.15, -0.1) is 0 Å². The van der Waals surface area contributed by atoms with Gasteiger partial charge in [0.2, 0.25) is 0 Å². The Morgan fingerprint density at radius 3 is 2.65 bits per heavy atom. The number of rotatable bonds is 1. The Bertz CT molecular complexity index is 641. The number of aromatic nitrogens is 2. The number of hydrogen-bond acceptors (Lipinski definition) is 3. The molecule has 2 N–H and O–H groups in total. The summed E-state index contributed by atoms with van der Waals surface area (Å²) in [5, 5.41) is 0. The monoisotopic (exact) mass is 273 g/mol. The molecule has 108 valence electrons. The Kier molecular flexibility index (Phi) is 2.92. The van der Waals surface area contributed by atoms with Crippen LogP contribution in [0.3, 0.4) is 0 Å². The van der Waals surface area contributed by atoms with Gasteiger partial charge in [0.25, 0.3) is 0 Å². The second-order valence-corrected chi connectivity index (χ2v) is 6.97. The van der Waals surface area contributed by atoms with E-state index < -0.39 is 0 Å². The molecule has 4 heteroatoms. The topological polar surface area (TPSA) is 53.1 Å². The largest absolute Gasteiger partial charge is 0.379 e. The van der Waals surface area contributed by atoms with Crippen LogP contribution in [0.25, 0.3) is 11.0 Å². The summed E-state index contributed by atoms with van der Waals surface area (Å²) in [7, 11) is 0. The van der Waals surface area contributed by atoms with Gasteiger partial charge in [-0.25, -0.2) is 4.98 Å². The van der Waals surface area contributed by atoms with Crippen molar-refractivity contribution in [3.63, 3.8) is 0 Å². The van der Waals surface area contributed by atoms with Gasteiger partial charge >= 0.3 is 0 Å². The van der Waals surface area contributed by atoms with Crippen LogP contribution in [-0.2, 0) is 15.7 Å². The van der Waals surface area contributed by atoms with Crippen LogP contribution >= 0.6 is 0 Å². The van der Waals surface area contributed by atoms with E-state index in [9.17, 15) is 0 Å². The molecule has 2 heterocycles. The van der Waals surface area contributed by atoms with Crippen LogP contribution in [0.15, 0.2) is 24.3 Å². The van der Waals surface area contributed by atoms with Crippen LogP contribution in [0.2, 0.25) is 0 Å². The molecule has 1 fully saturated rings. The predicted octanol–water partition coefficient (Wildman–Crippen LogP) is 2.41. The lowest BCUT2D eigenvalue weighted by Gasteiger charge is -2.32. The number of hydrogen-bond donors (Lipinski definition) is 1. The average Bonchev–Trinajstić information content (AvgIpc) is 2.91. The molecule has 4 nitrogen and oxygen atoms in total. The quantitative estimate of drug-likeness (QED) is 0.868. The smallest absolute Gasteiger partial charge is 0.120 e. The Balaban J connectivity index is 2.30. The fourth-order valence-corrected chi connectivity index (χ4v) is 3.01. The number of imidazole rings is 1. The second-order valence-electron chi connectivity index (χ2n) is 6.97. The molecule has 20 heavy (non-hydrogen) atoms. The molecule has 1 aromatic heterocycles. The summed E-state index contributed by atoms with van der Waals surface area (Å²) in [4.78, 5) is 4.89. The summed E-state index contributed by atoms with van der Waals surface area (Å²) in [6.07, 6.45) is 0. The highest BCUT2D eigenvalue weighted by atomic mass is 16.5. The van der Waals surface area contributed by atoms with Crippen LogP contribution in [-0.4, -0.2) is 28.8 Å². The highest BCUT2D eigenvalue weighted by Crippen LogP contribution is 2.36. The molecule has 1 aliphatic heterocycles. The van der Waals surface area contributed by atoms with E-state index in [1.54, 1.807) is 0 Å². The standard InChI is InChI=1S/C16H23N3O/c1-15(2,3)19-12-8-6-5-7-11(12)18-14(19)16(4)10-20-9-13(16)17/h5-8,13H,9-10,17H2,1-4H3. The average molecular weight is 273 g/mol. The van der Waals surface area contributed by atoms with Gasteiger partial charge in [-0.1, -0.05) is 12.1 Å². The lowest BCUT2D eigenvalue weighted by atomic mass is 9.84. The molecule has 2 aromatic rings. The third-order valence-electron chi connectivity index (χ3n) is 4.26. The van der Waals surface area contributed by atoms with Gasteiger partial charge in [0.05, 0.1) is 29.7 Å². The zero-order valence-corrected chi connectivity index (χ0v) is 12.7. The molecule has 0 amide bonds. The normalized spacial score (nSPS) is 27.4. The third-order valence-corrected chi connectivity index (χ3v) is 4.26. The maximum Gasteiger partial charge on any atom is 0.120 e. The highest BCUT2D eigenvalue weighted by molar-refractivity contribution is 5.76.